The Balaban J connectivity index is 2.26. The molecule has 0 saturated carbocycles. The van der Waals surface area contributed by atoms with Crippen LogP contribution in [0.1, 0.15) is 5.82 Å². The number of imidazole rings is 1. The number of carbonyl (C=O) groups excluding carboxylic acids is 1. The summed E-state index contributed by atoms with van der Waals surface area (Å²) in [6.07, 6.45) is 0.648. The molecule has 1 amide bonds. The quantitative estimate of drug-likeness (QED) is 0.589. The first-order chi connectivity index (χ1) is 10.2. The first-order valence-electron chi connectivity index (χ1n) is 6.61. The number of amides is 1. The lowest BCUT2D eigenvalue weighted by Gasteiger charge is -2.08. The van der Waals surface area contributed by atoms with Crippen LogP contribution in [-0.2, 0) is 22.5 Å². The number of nitrogens with zero attached hydrogens (tertiary/aromatic N) is 2. The molecule has 0 fully saturated rings. The fourth-order valence-electron chi connectivity index (χ4n) is 2.19. The molecule has 1 aromatic carbocycles. The third-order valence-electron chi connectivity index (χ3n) is 3.06. The number of carbonyl (C=O) groups is 1. The summed E-state index contributed by atoms with van der Waals surface area (Å²) in [5, 5.41) is 0. The number of aromatic nitrogens is 2. The van der Waals surface area contributed by atoms with E-state index in [1.54, 1.807) is 7.11 Å². The van der Waals surface area contributed by atoms with Crippen LogP contribution in [0.5, 0.6) is 5.75 Å². The van der Waals surface area contributed by atoms with Gasteiger partial charge in [0, 0.05) is 18.8 Å². The Kier molecular flexibility index (Phi) is 5.41. The van der Waals surface area contributed by atoms with E-state index in [-0.39, 0.29) is 6.61 Å². The van der Waals surface area contributed by atoms with Gasteiger partial charge in [-0.1, -0.05) is 6.07 Å². The number of ether oxygens (including phenoxy) is 2. The molecule has 2 N–H and O–H groups in total. The molecule has 0 atom stereocenters. The number of hydrogen-bond donors (Lipinski definition) is 1. The van der Waals surface area contributed by atoms with Crippen LogP contribution in [-0.4, -0.2) is 41.7 Å². The summed E-state index contributed by atoms with van der Waals surface area (Å²) in [6, 6.07) is 5.75. The van der Waals surface area contributed by atoms with Gasteiger partial charge in [-0.05, 0) is 12.1 Å². The van der Waals surface area contributed by atoms with E-state index in [4.69, 9.17) is 26.8 Å². The summed E-state index contributed by atoms with van der Waals surface area (Å²) in [7, 11) is 1.62. The molecule has 7 heteroatoms. The molecular formula is C14H18ClN3O3. The van der Waals surface area contributed by atoms with Crippen LogP contribution < -0.4 is 10.5 Å². The summed E-state index contributed by atoms with van der Waals surface area (Å²) < 4.78 is 12.6. The normalized spacial score (nSPS) is 11.0. The van der Waals surface area contributed by atoms with E-state index < -0.39 is 5.91 Å². The highest BCUT2D eigenvalue weighted by molar-refractivity contribution is 6.17. The Bertz CT molecular complexity index is 627. The molecule has 0 aliphatic rings. The van der Waals surface area contributed by atoms with E-state index in [1.807, 2.05) is 22.8 Å². The number of methoxy groups -OCH3 is 1. The number of para-hydroxylation sites is 1. The van der Waals surface area contributed by atoms with E-state index in [1.165, 1.54) is 0 Å². The second-order valence-electron chi connectivity index (χ2n) is 4.47. The lowest BCUT2D eigenvalue weighted by Crippen LogP contribution is -2.20. The molecule has 114 valence electrons. The number of fused-ring (bicyclic) bond motifs is 1. The van der Waals surface area contributed by atoms with Crippen LogP contribution in [0, 0.1) is 0 Å². The average Bonchev–Trinajstić information content (AvgIpc) is 2.81. The first-order valence-corrected chi connectivity index (χ1v) is 7.15. The fraction of sp³-hybridized carbons (Fsp3) is 0.429. The Morgan fingerprint density at radius 2 is 2.29 bits per heavy atom. The maximum absolute atomic E-state index is 10.7. The van der Waals surface area contributed by atoms with Crippen LogP contribution in [0.25, 0.3) is 11.0 Å². The lowest BCUT2D eigenvalue weighted by molar-refractivity contribution is -0.122. The molecule has 2 aromatic rings. The number of primary amides is 1. The molecule has 6 nitrogen and oxygen atoms in total. The van der Waals surface area contributed by atoms with Gasteiger partial charge in [0.25, 0.3) is 0 Å². The smallest absolute Gasteiger partial charge is 0.243 e. The Hall–Kier alpha value is -1.79. The van der Waals surface area contributed by atoms with Crippen molar-refractivity contribution in [2.45, 2.75) is 13.0 Å². The topological polar surface area (TPSA) is 79.4 Å². The molecule has 0 bridgehead atoms. The molecule has 0 unspecified atom stereocenters. The number of nitrogens with two attached hydrogens (primary N) is 1. The molecule has 0 aliphatic heterocycles. The van der Waals surface area contributed by atoms with E-state index >= 15 is 0 Å². The molecule has 0 aliphatic carbocycles. The number of benzene rings is 1. The monoisotopic (exact) mass is 311 g/mol. The van der Waals surface area contributed by atoms with Crippen molar-refractivity contribution in [3.63, 3.8) is 0 Å². The van der Waals surface area contributed by atoms with Gasteiger partial charge in [-0.15, -0.1) is 11.6 Å². The fourth-order valence-corrected chi connectivity index (χ4v) is 2.36. The summed E-state index contributed by atoms with van der Waals surface area (Å²) in [5.41, 5.74) is 6.80. The average molecular weight is 312 g/mol. The van der Waals surface area contributed by atoms with E-state index in [2.05, 4.69) is 4.98 Å². The summed E-state index contributed by atoms with van der Waals surface area (Å²) in [4.78, 5) is 15.3. The van der Waals surface area contributed by atoms with Gasteiger partial charge in [0.1, 0.15) is 23.7 Å². The Morgan fingerprint density at radius 3 is 2.95 bits per heavy atom. The molecule has 21 heavy (non-hydrogen) atoms. The maximum Gasteiger partial charge on any atom is 0.243 e. The van der Waals surface area contributed by atoms with Gasteiger partial charge in [0.15, 0.2) is 0 Å². The van der Waals surface area contributed by atoms with Crippen molar-refractivity contribution in [1.82, 2.24) is 9.55 Å². The van der Waals surface area contributed by atoms with Gasteiger partial charge in [-0.3, -0.25) is 4.79 Å². The third kappa shape index (κ3) is 3.65. The van der Waals surface area contributed by atoms with Crippen molar-refractivity contribution in [3.8, 4) is 5.75 Å². The van der Waals surface area contributed by atoms with Crippen molar-refractivity contribution >= 4 is 28.5 Å². The Labute approximate surface area is 127 Å². The minimum absolute atomic E-state index is 0.0825. The molecule has 2 rings (SSSR count). The largest absolute Gasteiger partial charge is 0.494 e. The standard InChI is InChI=1S/C14H18ClN3O3/c1-20-11-4-2-3-10-14(11)17-13(5-6-15)18(10)7-8-21-9-12(16)19/h2-4H,5-9H2,1H3,(H2,16,19). The zero-order valence-electron chi connectivity index (χ0n) is 11.8. The summed E-state index contributed by atoms with van der Waals surface area (Å²) in [6.45, 7) is 0.866. The SMILES string of the molecule is COc1cccc2c1nc(CCCl)n2CCOCC(N)=O. The molecule has 0 radical (unpaired) electrons. The van der Waals surface area contributed by atoms with Gasteiger partial charge >= 0.3 is 0 Å². The highest BCUT2D eigenvalue weighted by atomic mass is 35.5. The summed E-state index contributed by atoms with van der Waals surface area (Å²) >= 11 is 5.84. The van der Waals surface area contributed by atoms with Crippen molar-refractivity contribution in [1.29, 1.82) is 0 Å². The zero-order valence-corrected chi connectivity index (χ0v) is 12.6. The molecule has 0 spiro atoms. The number of alkyl halides is 1. The highest BCUT2D eigenvalue weighted by Crippen LogP contribution is 2.26. The van der Waals surface area contributed by atoms with Crippen molar-refractivity contribution in [2.75, 3.05) is 26.2 Å². The highest BCUT2D eigenvalue weighted by Gasteiger charge is 2.13. The predicted octanol–water partition coefficient (Wildman–Crippen LogP) is 1.33. The minimum atomic E-state index is -0.479. The first kappa shape index (κ1) is 15.6. The van der Waals surface area contributed by atoms with Gasteiger partial charge in [0.05, 0.1) is 19.2 Å². The summed E-state index contributed by atoms with van der Waals surface area (Å²) in [5.74, 6) is 1.59. The van der Waals surface area contributed by atoms with Gasteiger partial charge < -0.3 is 19.8 Å². The number of rotatable bonds is 8. The van der Waals surface area contributed by atoms with Crippen LogP contribution in [0.4, 0.5) is 0 Å². The van der Waals surface area contributed by atoms with Crippen LogP contribution in [0.15, 0.2) is 18.2 Å². The van der Waals surface area contributed by atoms with E-state index in [9.17, 15) is 4.79 Å². The second kappa shape index (κ2) is 7.28. The van der Waals surface area contributed by atoms with Crippen LogP contribution in [0.2, 0.25) is 0 Å². The predicted molar refractivity (Wildman–Crippen MR) is 80.7 cm³/mol. The number of hydrogen-bond acceptors (Lipinski definition) is 4. The zero-order chi connectivity index (χ0) is 15.2. The van der Waals surface area contributed by atoms with Crippen LogP contribution in [0.3, 0.4) is 0 Å². The van der Waals surface area contributed by atoms with E-state index in [0.29, 0.717) is 25.5 Å². The molecule has 1 heterocycles. The van der Waals surface area contributed by atoms with Gasteiger partial charge in [-0.2, -0.15) is 0 Å². The van der Waals surface area contributed by atoms with Gasteiger partial charge in [0.2, 0.25) is 5.91 Å². The van der Waals surface area contributed by atoms with Crippen molar-refractivity contribution in [2.24, 2.45) is 5.73 Å². The molecular weight excluding hydrogens is 294 g/mol. The number of halogens is 1. The van der Waals surface area contributed by atoms with Gasteiger partial charge in [-0.25, -0.2) is 4.98 Å². The van der Waals surface area contributed by atoms with Crippen molar-refractivity contribution in [3.05, 3.63) is 24.0 Å². The van der Waals surface area contributed by atoms with Crippen LogP contribution >= 0.6 is 11.6 Å². The second-order valence-corrected chi connectivity index (χ2v) is 4.84. The molecule has 0 saturated heterocycles. The lowest BCUT2D eigenvalue weighted by atomic mass is 10.3. The van der Waals surface area contributed by atoms with Crippen molar-refractivity contribution < 1.29 is 14.3 Å². The maximum atomic E-state index is 10.7. The Morgan fingerprint density at radius 1 is 1.48 bits per heavy atom. The molecule has 1 aromatic heterocycles. The minimum Gasteiger partial charge on any atom is -0.494 e. The van der Waals surface area contributed by atoms with E-state index in [0.717, 1.165) is 22.6 Å². The number of aryl methyl sites for hydroxylation is 1. The third-order valence-corrected chi connectivity index (χ3v) is 3.25.